The number of hydrogen-bond acceptors (Lipinski definition) is 3. The maximum atomic E-state index is 13.1. The second-order valence-corrected chi connectivity index (χ2v) is 3.46. The normalized spacial score (nSPS) is 11.1. The van der Waals surface area contributed by atoms with E-state index in [2.05, 4.69) is 9.97 Å². The van der Waals surface area contributed by atoms with Crippen LogP contribution in [0.4, 0.5) is 10.4 Å². The fraction of sp³-hybridized carbons (Fsp3) is 0. The highest BCUT2D eigenvalue weighted by Crippen LogP contribution is 2.28. The van der Waals surface area contributed by atoms with Crippen molar-refractivity contribution in [1.29, 1.82) is 0 Å². The van der Waals surface area contributed by atoms with Gasteiger partial charge in [-0.25, -0.2) is 4.39 Å². The van der Waals surface area contributed by atoms with Gasteiger partial charge in [0.25, 0.3) is 6.01 Å². The summed E-state index contributed by atoms with van der Waals surface area (Å²) in [6.07, 6.45) is 3.20. The Balaban J connectivity index is 2.27. The molecule has 0 atom stereocenters. The van der Waals surface area contributed by atoms with Crippen molar-refractivity contribution in [2.24, 2.45) is 0 Å². The maximum absolute atomic E-state index is 13.1. The van der Waals surface area contributed by atoms with Crippen molar-refractivity contribution < 1.29 is 8.81 Å². The van der Waals surface area contributed by atoms with E-state index in [9.17, 15) is 4.39 Å². The molecule has 0 spiro atoms. The van der Waals surface area contributed by atoms with E-state index in [0.29, 0.717) is 5.69 Å². The lowest BCUT2D eigenvalue weighted by molar-refractivity contribution is 0.581. The summed E-state index contributed by atoms with van der Waals surface area (Å²) in [6.45, 7) is 0. The molecule has 0 fully saturated rings. The molecule has 0 bridgehead atoms. The molecule has 16 heavy (non-hydrogen) atoms. The van der Waals surface area contributed by atoms with Crippen LogP contribution < -0.4 is 5.73 Å². The summed E-state index contributed by atoms with van der Waals surface area (Å²) in [7, 11) is 0. The van der Waals surface area contributed by atoms with Crippen molar-refractivity contribution in [3.05, 3.63) is 36.5 Å². The largest absolute Gasteiger partial charge is 0.432 e. The van der Waals surface area contributed by atoms with Gasteiger partial charge in [-0.1, -0.05) is 0 Å². The molecular formula is C11H8FN3O. The number of halogens is 1. The van der Waals surface area contributed by atoms with E-state index in [1.54, 1.807) is 12.3 Å². The monoisotopic (exact) mass is 217 g/mol. The van der Waals surface area contributed by atoms with Gasteiger partial charge in [0.1, 0.15) is 17.8 Å². The van der Waals surface area contributed by atoms with E-state index >= 15 is 0 Å². The highest BCUT2D eigenvalue weighted by atomic mass is 19.1. The molecule has 2 aromatic heterocycles. The molecule has 4 nitrogen and oxygen atoms in total. The van der Waals surface area contributed by atoms with Gasteiger partial charge < -0.3 is 15.1 Å². The Morgan fingerprint density at radius 1 is 1.38 bits per heavy atom. The molecule has 0 unspecified atom stereocenters. The maximum Gasteiger partial charge on any atom is 0.292 e. The van der Waals surface area contributed by atoms with E-state index in [4.69, 9.17) is 10.2 Å². The van der Waals surface area contributed by atoms with Crippen LogP contribution >= 0.6 is 0 Å². The van der Waals surface area contributed by atoms with Crippen molar-refractivity contribution in [2.75, 3.05) is 5.73 Å². The predicted molar refractivity (Wildman–Crippen MR) is 58.2 cm³/mol. The van der Waals surface area contributed by atoms with Crippen LogP contribution in [0.5, 0.6) is 0 Å². The molecule has 0 radical (unpaired) electrons. The van der Waals surface area contributed by atoms with Gasteiger partial charge in [0.2, 0.25) is 0 Å². The lowest BCUT2D eigenvalue weighted by Gasteiger charge is -1.93. The molecule has 80 valence electrons. The van der Waals surface area contributed by atoms with Crippen LogP contribution in [-0.4, -0.2) is 9.97 Å². The minimum atomic E-state index is -0.287. The molecule has 3 aromatic rings. The van der Waals surface area contributed by atoms with Gasteiger partial charge in [0.15, 0.2) is 0 Å². The molecule has 3 N–H and O–H groups in total. The van der Waals surface area contributed by atoms with Crippen molar-refractivity contribution >= 4 is 16.9 Å². The third-order valence-electron chi connectivity index (χ3n) is 2.44. The molecule has 0 saturated heterocycles. The first-order valence-corrected chi connectivity index (χ1v) is 4.72. The van der Waals surface area contributed by atoms with Crippen LogP contribution in [0, 0.1) is 5.82 Å². The van der Waals surface area contributed by atoms with Crippen LogP contribution in [0.15, 0.2) is 35.1 Å². The van der Waals surface area contributed by atoms with Crippen LogP contribution in [0.25, 0.3) is 22.2 Å². The van der Waals surface area contributed by atoms with Crippen LogP contribution in [0.2, 0.25) is 0 Å². The van der Waals surface area contributed by atoms with E-state index < -0.39 is 0 Å². The molecule has 0 aliphatic heterocycles. The Kier molecular flexibility index (Phi) is 1.73. The zero-order chi connectivity index (χ0) is 11.1. The Bertz CT molecular complexity index is 656. The van der Waals surface area contributed by atoms with E-state index in [1.807, 2.05) is 0 Å². The molecular weight excluding hydrogens is 209 g/mol. The van der Waals surface area contributed by atoms with Crippen molar-refractivity contribution in [1.82, 2.24) is 9.97 Å². The van der Waals surface area contributed by atoms with Crippen molar-refractivity contribution in [3.8, 4) is 11.3 Å². The summed E-state index contributed by atoms with van der Waals surface area (Å²) < 4.78 is 18.1. The van der Waals surface area contributed by atoms with Crippen molar-refractivity contribution in [3.63, 3.8) is 0 Å². The SMILES string of the molecule is Nc1nc(-c2c[nH]c3ccc(F)cc23)co1. The Hall–Kier alpha value is -2.30. The Morgan fingerprint density at radius 2 is 2.25 bits per heavy atom. The molecule has 5 heteroatoms. The van der Waals surface area contributed by atoms with Gasteiger partial charge in [-0.2, -0.15) is 4.98 Å². The fourth-order valence-corrected chi connectivity index (χ4v) is 1.72. The number of benzene rings is 1. The number of H-pyrrole nitrogens is 1. The molecule has 0 aliphatic rings. The zero-order valence-corrected chi connectivity index (χ0v) is 8.20. The number of rotatable bonds is 1. The molecule has 3 rings (SSSR count). The van der Waals surface area contributed by atoms with Crippen LogP contribution in [0.3, 0.4) is 0 Å². The van der Waals surface area contributed by atoms with Gasteiger partial charge in [-0.15, -0.1) is 0 Å². The lowest BCUT2D eigenvalue weighted by Crippen LogP contribution is -1.83. The lowest BCUT2D eigenvalue weighted by atomic mass is 10.1. The van der Waals surface area contributed by atoms with E-state index in [1.165, 1.54) is 18.4 Å². The summed E-state index contributed by atoms with van der Waals surface area (Å²) in [5.41, 5.74) is 7.61. The quantitative estimate of drug-likeness (QED) is 0.658. The van der Waals surface area contributed by atoms with E-state index in [-0.39, 0.29) is 11.8 Å². The highest BCUT2D eigenvalue weighted by Gasteiger charge is 2.10. The first-order chi connectivity index (χ1) is 7.74. The number of aromatic amines is 1. The summed E-state index contributed by atoms with van der Waals surface area (Å²) in [5.74, 6) is -0.287. The zero-order valence-electron chi connectivity index (χ0n) is 8.20. The standard InChI is InChI=1S/C11H8FN3O/c12-6-1-2-9-7(3-6)8(4-14-9)10-5-16-11(13)15-10/h1-5,14H,(H2,13,15). The summed E-state index contributed by atoms with van der Waals surface area (Å²) in [4.78, 5) is 7.04. The smallest absolute Gasteiger partial charge is 0.292 e. The number of nitrogen functional groups attached to an aromatic ring is 1. The third kappa shape index (κ3) is 1.25. The van der Waals surface area contributed by atoms with Crippen molar-refractivity contribution in [2.45, 2.75) is 0 Å². The van der Waals surface area contributed by atoms with Gasteiger partial charge in [0, 0.05) is 22.7 Å². The number of nitrogens with one attached hydrogen (secondary N) is 1. The number of anilines is 1. The summed E-state index contributed by atoms with van der Waals surface area (Å²) in [6, 6.07) is 4.63. The average Bonchev–Trinajstić information content (AvgIpc) is 2.83. The molecule has 2 heterocycles. The van der Waals surface area contributed by atoms with E-state index in [0.717, 1.165) is 16.5 Å². The van der Waals surface area contributed by atoms with Gasteiger partial charge >= 0.3 is 0 Å². The van der Waals surface area contributed by atoms with Crippen LogP contribution in [-0.2, 0) is 0 Å². The predicted octanol–water partition coefficient (Wildman–Crippen LogP) is 2.54. The molecule has 0 amide bonds. The van der Waals surface area contributed by atoms with Gasteiger partial charge in [-0.05, 0) is 18.2 Å². The molecule has 1 aromatic carbocycles. The minimum absolute atomic E-state index is 0.0979. The number of nitrogens with two attached hydrogens (primary N) is 1. The first-order valence-electron chi connectivity index (χ1n) is 4.72. The fourth-order valence-electron chi connectivity index (χ4n) is 1.72. The topological polar surface area (TPSA) is 67.8 Å². The minimum Gasteiger partial charge on any atom is -0.432 e. The second-order valence-electron chi connectivity index (χ2n) is 3.46. The molecule has 0 saturated carbocycles. The number of aromatic nitrogens is 2. The Labute approximate surface area is 89.9 Å². The van der Waals surface area contributed by atoms with Gasteiger partial charge in [0.05, 0.1) is 0 Å². The summed E-state index contributed by atoms with van der Waals surface area (Å²) in [5, 5.41) is 0.758. The number of hydrogen-bond donors (Lipinski definition) is 2. The number of oxazole rings is 1. The Morgan fingerprint density at radius 3 is 3.00 bits per heavy atom. The number of nitrogens with zero attached hydrogens (tertiary/aromatic N) is 1. The van der Waals surface area contributed by atoms with Gasteiger partial charge in [-0.3, -0.25) is 0 Å². The second kappa shape index (κ2) is 3.10. The summed E-state index contributed by atoms with van der Waals surface area (Å²) >= 11 is 0. The third-order valence-corrected chi connectivity index (χ3v) is 2.44. The average molecular weight is 217 g/mol. The first kappa shape index (κ1) is 8.96. The highest BCUT2D eigenvalue weighted by molar-refractivity contribution is 5.94. The number of fused-ring (bicyclic) bond motifs is 1. The molecule has 0 aliphatic carbocycles. The van der Waals surface area contributed by atoms with Crippen LogP contribution in [0.1, 0.15) is 0 Å².